The molecule has 0 bridgehead atoms. The second kappa shape index (κ2) is 10.3. The number of carboxylic acid groups (broad SMARTS) is 1. The van der Waals surface area contributed by atoms with Crippen molar-refractivity contribution < 1.29 is 9.90 Å². The van der Waals surface area contributed by atoms with Gasteiger partial charge in [0.25, 0.3) is 0 Å². The molecular weight excluding hydrogens is 228 g/mol. The smallest absolute Gasteiger partial charge is 0.323 e. The van der Waals surface area contributed by atoms with Crippen LogP contribution in [0.4, 0.5) is 0 Å². The van der Waals surface area contributed by atoms with Crippen molar-refractivity contribution in [2.75, 3.05) is 6.54 Å². The van der Waals surface area contributed by atoms with Crippen LogP contribution < -0.4 is 11.5 Å². The maximum Gasteiger partial charge on any atom is 0.323 e. The molecule has 0 radical (unpaired) electrons. The van der Waals surface area contributed by atoms with Crippen LogP contribution >= 0.6 is 0 Å². The lowest BCUT2D eigenvalue weighted by Crippen LogP contribution is -2.31. The number of carboxylic acids is 1. The predicted molar refractivity (Wildman–Crippen MR) is 75.5 cm³/mol. The van der Waals surface area contributed by atoms with Crippen molar-refractivity contribution in [3.8, 4) is 0 Å². The summed E-state index contributed by atoms with van der Waals surface area (Å²) in [5, 5.41) is 8.19. The molecule has 0 aromatic heterocycles. The fourth-order valence-corrected chi connectivity index (χ4v) is 1.63. The molecule has 1 aliphatic carbocycles. The third-order valence-corrected chi connectivity index (χ3v) is 3.27. The number of carbonyl (C=O) groups is 1. The van der Waals surface area contributed by atoms with Gasteiger partial charge in [-0.05, 0) is 25.8 Å². The molecule has 1 fully saturated rings. The molecule has 0 amide bonds. The van der Waals surface area contributed by atoms with Crippen molar-refractivity contribution in [2.24, 2.45) is 11.5 Å². The Labute approximate surface area is 111 Å². The van der Waals surface area contributed by atoms with E-state index in [4.69, 9.17) is 16.6 Å². The topological polar surface area (TPSA) is 89.3 Å². The summed E-state index contributed by atoms with van der Waals surface area (Å²) in [6, 6.07) is 0. The van der Waals surface area contributed by atoms with Crippen LogP contribution in [0.5, 0.6) is 0 Å². The molecule has 0 aliphatic heterocycles. The summed E-state index contributed by atoms with van der Waals surface area (Å²) in [6.45, 7) is 3.13. The third kappa shape index (κ3) is 9.42. The van der Waals surface area contributed by atoms with Crippen LogP contribution in [-0.4, -0.2) is 23.2 Å². The predicted octanol–water partition coefficient (Wildman–Crippen LogP) is 2.65. The summed E-state index contributed by atoms with van der Waals surface area (Å²) in [4.78, 5) is 9.96. The Morgan fingerprint density at radius 3 is 1.78 bits per heavy atom. The van der Waals surface area contributed by atoms with Crippen molar-refractivity contribution in [3.05, 3.63) is 0 Å². The molecule has 0 heterocycles. The Morgan fingerprint density at radius 2 is 1.50 bits per heavy atom. The van der Waals surface area contributed by atoms with Gasteiger partial charge in [-0.25, -0.2) is 0 Å². The second-order valence-corrected chi connectivity index (χ2v) is 5.22. The van der Waals surface area contributed by atoms with Gasteiger partial charge in [0, 0.05) is 0 Å². The van der Waals surface area contributed by atoms with Gasteiger partial charge in [-0.1, -0.05) is 51.9 Å². The quantitative estimate of drug-likeness (QED) is 0.555. The van der Waals surface area contributed by atoms with Crippen molar-refractivity contribution >= 4 is 5.97 Å². The molecule has 0 unspecified atom stereocenters. The van der Waals surface area contributed by atoms with Gasteiger partial charge in [0.2, 0.25) is 0 Å². The molecule has 1 aliphatic rings. The van der Waals surface area contributed by atoms with E-state index in [1.54, 1.807) is 0 Å². The Kier molecular flexibility index (Phi) is 9.98. The van der Waals surface area contributed by atoms with Crippen LogP contribution in [0, 0.1) is 0 Å². The van der Waals surface area contributed by atoms with Gasteiger partial charge in [0.05, 0.1) is 0 Å². The molecule has 0 atom stereocenters. The van der Waals surface area contributed by atoms with E-state index in [9.17, 15) is 4.79 Å². The van der Waals surface area contributed by atoms with Gasteiger partial charge in [-0.3, -0.25) is 4.79 Å². The number of nitrogens with two attached hydrogens (primary N) is 2. The number of hydrogen-bond acceptors (Lipinski definition) is 3. The largest absolute Gasteiger partial charge is 0.480 e. The standard InChI is InChI=1S/C10H23N.C4H7NO2/c1-2-3-4-5-6-7-8-9-10-11;5-4(1-2-4)3(6)7/h2-11H2,1H3;1-2,5H2,(H,6,7). The van der Waals surface area contributed by atoms with E-state index in [-0.39, 0.29) is 0 Å². The van der Waals surface area contributed by atoms with Crippen molar-refractivity contribution in [1.29, 1.82) is 0 Å². The molecule has 5 N–H and O–H groups in total. The lowest BCUT2D eigenvalue weighted by atomic mass is 10.1. The summed E-state index contributed by atoms with van der Waals surface area (Å²) in [5.41, 5.74) is 9.75. The normalized spacial score (nSPS) is 15.7. The Morgan fingerprint density at radius 1 is 1.06 bits per heavy atom. The van der Waals surface area contributed by atoms with Gasteiger partial charge in [-0.2, -0.15) is 0 Å². The molecule has 0 aromatic rings. The van der Waals surface area contributed by atoms with E-state index >= 15 is 0 Å². The highest BCUT2D eigenvalue weighted by Gasteiger charge is 2.46. The highest BCUT2D eigenvalue weighted by atomic mass is 16.4. The molecule has 4 nitrogen and oxygen atoms in total. The van der Waals surface area contributed by atoms with E-state index in [1.807, 2.05) is 0 Å². The SMILES string of the molecule is CCCCCCCCCCN.NC1(C(=O)O)CC1. The van der Waals surface area contributed by atoms with E-state index in [0.29, 0.717) is 12.8 Å². The van der Waals surface area contributed by atoms with E-state index in [0.717, 1.165) is 6.54 Å². The van der Waals surface area contributed by atoms with E-state index in [2.05, 4.69) is 6.92 Å². The first-order valence-electron chi connectivity index (χ1n) is 7.29. The minimum absolute atomic E-state index is 0.641. The third-order valence-electron chi connectivity index (χ3n) is 3.27. The molecule has 0 aromatic carbocycles. The van der Waals surface area contributed by atoms with E-state index in [1.165, 1.54) is 51.4 Å². The maximum atomic E-state index is 9.96. The summed E-state index contributed by atoms with van der Waals surface area (Å²) in [7, 11) is 0. The average molecular weight is 258 g/mol. The van der Waals surface area contributed by atoms with Crippen LogP contribution in [0.3, 0.4) is 0 Å². The molecule has 4 heteroatoms. The summed E-state index contributed by atoms with van der Waals surface area (Å²) >= 11 is 0. The molecular formula is C14H30N2O2. The highest BCUT2D eigenvalue weighted by molar-refractivity contribution is 5.81. The molecule has 18 heavy (non-hydrogen) atoms. The maximum absolute atomic E-state index is 9.96. The van der Waals surface area contributed by atoms with Crippen LogP contribution in [0.15, 0.2) is 0 Å². The van der Waals surface area contributed by atoms with Gasteiger partial charge >= 0.3 is 5.97 Å². The minimum atomic E-state index is -0.868. The Balaban J connectivity index is 0.000000351. The highest BCUT2D eigenvalue weighted by Crippen LogP contribution is 2.31. The lowest BCUT2D eigenvalue weighted by molar-refractivity contribution is -0.139. The first-order chi connectivity index (χ1) is 8.56. The van der Waals surface area contributed by atoms with Crippen LogP contribution in [0.1, 0.15) is 71.1 Å². The minimum Gasteiger partial charge on any atom is -0.480 e. The lowest BCUT2D eigenvalue weighted by Gasteiger charge is -1.99. The van der Waals surface area contributed by atoms with Crippen LogP contribution in [0.25, 0.3) is 0 Å². The summed E-state index contributed by atoms with van der Waals surface area (Å²) in [6.07, 6.45) is 12.3. The first-order valence-corrected chi connectivity index (χ1v) is 7.29. The summed E-state index contributed by atoms with van der Waals surface area (Å²) < 4.78 is 0. The van der Waals surface area contributed by atoms with Crippen LogP contribution in [-0.2, 0) is 4.79 Å². The molecule has 0 spiro atoms. The molecule has 108 valence electrons. The number of rotatable bonds is 9. The first kappa shape index (κ1) is 17.4. The zero-order chi connectivity index (χ0) is 13.9. The zero-order valence-electron chi connectivity index (χ0n) is 11.8. The molecule has 1 saturated carbocycles. The Hall–Kier alpha value is -0.610. The second-order valence-electron chi connectivity index (χ2n) is 5.22. The fourth-order valence-electron chi connectivity index (χ4n) is 1.63. The zero-order valence-corrected chi connectivity index (χ0v) is 11.8. The fraction of sp³-hybridized carbons (Fsp3) is 0.929. The van der Waals surface area contributed by atoms with Crippen molar-refractivity contribution in [2.45, 2.75) is 76.7 Å². The van der Waals surface area contributed by atoms with Crippen molar-refractivity contribution in [1.82, 2.24) is 0 Å². The number of hydrogen-bond donors (Lipinski definition) is 3. The molecule has 1 rings (SSSR count). The number of aliphatic carboxylic acids is 1. The van der Waals surface area contributed by atoms with Gasteiger partial charge in [-0.15, -0.1) is 0 Å². The Bertz CT molecular complexity index is 208. The van der Waals surface area contributed by atoms with Gasteiger partial charge < -0.3 is 16.6 Å². The molecule has 0 saturated heterocycles. The summed E-state index contributed by atoms with van der Waals surface area (Å²) in [5.74, 6) is -0.868. The van der Waals surface area contributed by atoms with E-state index < -0.39 is 11.5 Å². The van der Waals surface area contributed by atoms with Crippen LogP contribution in [0.2, 0.25) is 0 Å². The monoisotopic (exact) mass is 258 g/mol. The van der Waals surface area contributed by atoms with Gasteiger partial charge in [0.15, 0.2) is 0 Å². The van der Waals surface area contributed by atoms with Crippen molar-refractivity contribution in [3.63, 3.8) is 0 Å². The van der Waals surface area contributed by atoms with Gasteiger partial charge in [0.1, 0.15) is 5.54 Å². The average Bonchev–Trinajstić information content (AvgIpc) is 3.09. The number of unbranched alkanes of at least 4 members (excludes halogenated alkanes) is 7.